The number of rotatable bonds is 4. The van der Waals surface area contributed by atoms with Gasteiger partial charge in [0.1, 0.15) is 0 Å². The van der Waals surface area contributed by atoms with Gasteiger partial charge in [-0.2, -0.15) is 0 Å². The van der Waals surface area contributed by atoms with Crippen molar-refractivity contribution in [2.24, 2.45) is 11.3 Å². The van der Waals surface area contributed by atoms with Crippen LogP contribution in [-0.2, 0) is 6.42 Å². The van der Waals surface area contributed by atoms with Crippen LogP contribution in [0.1, 0.15) is 55.8 Å². The van der Waals surface area contributed by atoms with Gasteiger partial charge in [0, 0.05) is 24.3 Å². The highest BCUT2D eigenvalue weighted by Gasteiger charge is 2.53. The van der Waals surface area contributed by atoms with E-state index < -0.39 is 0 Å². The highest BCUT2D eigenvalue weighted by Crippen LogP contribution is 2.61. The number of H-pyrrole nitrogens is 1. The lowest BCUT2D eigenvalue weighted by molar-refractivity contribution is 0.354. The van der Waals surface area contributed by atoms with Crippen LogP contribution in [0.5, 0.6) is 0 Å². The molecular weight excluding hydrogens is 236 g/mol. The number of fused-ring (bicyclic) bond motifs is 1. The molecule has 1 unspecified atom stereocenters. The lowest BCUT2D eigenvalue weighted by atomic mass is 9.90. The smallest absolute Gasteiger partial charge is 0.248 e. The van der Waals surface area contributed by atoms with Crippen LogP contribution in [0.25, 0.3) is 0 Å². The summed E-state index contributed by atoms with van der Waals surface area (Å²) in [6.07, 6.45) is 9.18. The molecule has 1 atom stereocenters. The third-order valence-corrected chi connectivity index (χ3v) is 5.37. The molecule has 0 spiro atoms. The summed E-state index contributed by atoms with van der Waals surface area (Å²) in [6.45, 7) is 1.18. The van der Waals surface area contributed by atoms with Crippen LogP contribution in [0.15, 0.2) is 16.9 Å². The summed E-state index contributed by atoms with van der Waals surface area (Å²) >= 11 is 0. The van der Waals surface area contributed by atoms with E-state index >= 15 is 0 Å². The van der Waals surface area contributed by atoms with Crippen molar-refractivity contribution >= 4 is 0 Å². The molecule has 3 aliphatic carbocycles. The van der Waals surface area contributed by atoms with Gasteiger partial charge in [-0.25, -0.2) is 0 Å². The van der Waals surface area contributed by atoms with Crippen molar-refractivity contribution in [3.05, 3.63) is 33.7 Å². The van der Waals surface area contributed by atoms with E-state index in [4.69, 9.17) is 0 Å². The number of pyridine rings is 1. The first-order chi connectivity index (χ1) is 9.27. The topological polar surface area (TPSA) is 44.9 Å². The Balaban J connectivity index is 1.49. The minimum atomic E-state index is 0.0380. The van der Waals surface area contributed by atoms with Crippen molar-refractivity contribution in [3.63, 3.8) is 0 Å². The zero-order valence-electron chi connectivity index (χ0n) is 11.4. The van der Waals surface area contributed by atoms with Crippen molar-refractivity contribution in [2.45, 2.75) is 51.0 Å². The SMILES string of the molecule is O=c1ccc2c([nH]1)CCCC2NCC1(C2CC2)CC1. The molecule has 2 fully saturated rings. The molecule has 4 rings (SSSR count). The molecule has 3 aliphatic rings. The molecule has 0 amide bonds. The summed E-state index contributed by atoms with van der Waals surface area (Å²) in [5.41, 5.74) is 3.18. The summed E-state index contributed by atoms with van der Waals surface area (Å²) < 4.78 is 0. The summed E-state index contributed by atoms with van der Waals surface area (Å²) in [5, 5.41) is 3.80. The summed E-state index contributed by atoms with van der Waals surface area (Å²) in [5.74, 6) is 1.01. The average molecular weight is 258 g/mol. The Labute approximate surface area is 113 Å². The molecule has 2 saturated carbocycles. The quantitative estimate of drug-likeness (QED) is 0.871. The predicted octanol–water partition coefficient (Wildman–Crippen LogP) is 2.53. The van der Waals surface area contributed by atoms with Gasteiger partial charge >= 0.3 is 0 Å². The van der Waals surface area contributed by atoms with E-state index in [-0.39, 0.29) is 5.56 Å². The van der Waals surface area contributed by atoms with Gasteiger partial charge in [0.25, 0.3) is 0 Å². The van der Waals surface area contributed by atoms with Crippen LogP contribution in [0.4, 0.5) is 0 Å². The fraction of sp³-hybridized carbons (Fsp3) is 0.688. The molecule has 19 heavy (non-hydrogen) atoms. The first-order valence-corrected chi connectivity index (χ1v) is 7.72. The lowest BCUT2D eigenvalue weighted by Crippen LogP contribution is -2.32. The van der Waals surface area contributed by atoms with Crippen LogP contribution < -0.4 is 10.9 Å². The fourth-order valence-corrected chi connectivity index (χ4v) is 3.82. The minimum Gasteiger partial charge on any atom is -0.326 e. The molecule has 0 saturated heterocycles. The Hall–Kier alpha value is -1.09. The van der Waals surface area contributed by atoms with E-state index in [1.54, 1.807) is 6.07 Å². The zero-order chi connectivity index (χ0) is 12.9. The second-order valence-electron chi connectivity index (χ2n) is 6.72. The molecule has 1 aromatic rings. The Morgan fingerprint density at radius 1 is 1.26 bits per heavy atom. The molecule has 0 aromatic carbocycles. The van der Waals surface area contributed by atoms with Crippen LogP contribution in [0.2, 0.25) is 0 Å². The van der Waals surface area contributed by atoms with Crippen LogP contribution >= 0.6 is 0 Å². The predicted molar refractivity (Wildman–Crippen MR) is 75.1 cm³/mol. The first kappa shape index (κ1) is 11.7. The van der Waals surface area contributed by atoms with E-state index in [9.17, 15) is 4.79 Å². The lowest BCUT2D eigenvalue weighted by Gasteiger charge is -2.28. The summed E-state index contributed by atoms with van der Waals surface area (Å²) in [6, 6.07) is 4.16. The van der Waals surface area contributed by atoms with Gasteiger partial charge < -0.3 is 10.3 Å². The molecular formula is C16H22N2O. The molecule has 1 aromatic heterocycles. The largest absolute Gasteiger partial charge is 0.326 e. The third kappa shape index (κ3) is 2.14. The molecule has 102 valence electrons. The van der Waals surface area contributed by atoms with E-state index in [0.717, 1.165) is 18.0 Å². The minimum absolute atomic E-state index is 0.0380. The summed E-state index contributed by atoms with van der Waals surface area (Å²) in [4.78, 5) is 14.4. The van der Waals surface area contributed by atoms with E-state index in [1.165, 1.54) is 50.6 Å². The Morgan fingerprint density at radius 3 is 2.84 bits per heavy atom. The standard InChI is InChI=1S/C16H22N2O/c19-15-7-6-12-13(2-1-3-14(12)18-15)17-10-16(8-9-16)11-4-5-11/h6-7,11,13,17H,1-5,8-10H2,(H,18,19). The van der Waals surface area contributed by atoms with Crippen molar-refractivity contribution < 1.29 is 0 Å². The summed E-state index contributed by atoms with van der Waals surface area (Å²) in [7, 11) is 0. The molecule has 3 heteroatoms. The molecule has 1 heterocycles. The van der Waals surface area contributed by atoms with Crippen molar-refractivity contribution in [1.82, 2.24) is 10.3 Å². The van der Waals surface area contributed by atoms with Crippen LogP contribution in [0.3, 0.4) is 0 Å². The number of aromatic amines is 1. The van der Waals surface area contributed by atoms with Crippen molar-refractivity contribution in [2.75, 3.05) is 6.54 Å². The van der Waals surface area contributed by atoms with E-state index in [2.05, 4.69) is 10.3 Å². The molecule has 3 nitrogen and oxygen atoms in total. The second kappa shape index (κ2) is 4.20. The van der Waals surface area contributed by atoms with Gasteiger partial charge in [-0.05, 0) is 61.8 Å². The molecule has 2 N–H and O–H groups in total. The van der Waals surface area contributed by atoms with E-state index in [0.29, 0.717) is 11.5 Å². The van der Waals surface area contributed by atoms with Gasteiger partial charge in [-0.3, -0.25) is 4.79 Å². The highest BCUT2D eigenvalue weighted by atomic mass is 16.1. The zero-order valence-corrected chi connectivity index (χ0v) is 11.4. The molecule has 0 aliphatic heterocycles. The van der Waals surface area contributed by atoms with Crippen LogP contribution in [-0.4, -0.2) is 11.5 Å². The maximum Gasteiger partial charge on any atom is 0.248 e. The monoisotopic (exact) mass is 258 g/mol. The Morgan fingerprint density at radius 2 is 2.11 bits per heavy atom. The van der Waals surface area contributed by atoms with Crippen molar-refractivity contribution in [1.29, 1.82) is 0 Å². The number of hydrogen-bond donors (Lipinski definition) is 2. The Kier molecular flexibility index (Phi) is 2.59. The molecule has 0 bridgehead atoms. The molecule has 0 radical (unpaired) electrons. The van der Waals surface area contributed by atoms with Gasteiger partial charge in [0.2, 0.25) is 5.56 Å². The van der Waals surface area contributed by atoms with Gasteiger partial charge in [-0.15, -0.1) is 0 Å². The number of aromatic nitrogens is 1. The van der Waals surface area contributed by atoms with Crippen molar-refractivity contribution in [3.8, 4) is 0 Å². The van der Waals surface area contributed by atoms with E-state index in [1.807, 2.05) is 6.07 Å². The van der Waals surface area contributed by atoms with Gasteiger partial charge in [0.05, 0.1) is 0 Å². The average Bonchev–Trinajstić information content (AvgIpc) is 3.27. The highest BCUT2D eigenvalue weighted by molar-refractivity contribution is 5.26. The fourth-order valence-electron chi connectivity index (χ4n) is 3.82. The first-order valence-electron chi connectivity index (χ1n) is 7.72. The van der Waals surface area contributed by atoms with Gasteiger partial charge in [0.15, 0.2) is 0 Å². The normalized spacial score (nSPS) is 27.9. The third-order valence-electron chi connectivity index (χ3n) is 5.37. The number of aryl methyl sites for hydroxylation is 1. The van der Waals surface area contributed by atoms with Crippen LogP contribution in [0, 0.1) is 11.3 Å². The Bertz CT molecular complexity index is 540. The second-order valence-corrected chi connectivity index (χ2v) is 6.72. The number of hydrogen-bond acceptors (Lipinski definition) is 2. The maximum atomic E-state index is 11.4. The maximum absolute atomic E-state index is 11.4. The van der Waals surface area contributed by atoms with Gasteiger partial charge in [-0.1, -0.05) is 6.07 Å². The number of nitrogens with one attached hydrogen (secondary N) is 2.